The zero-order valence-corrected chi connectivity index (χ0v) is 18.8. The summed E-state index contributed by atoms with van der Waals surface area (Å²) < 4.78 is 5.59. The number of aromatic nitrogens is 1. The molecule has 2 amide bonds. The fourth-order valence-corrected chi connectivity index (χ4v) is 4.70. The topological polar surface area (TPSA) is 104 Å². The molecule has 9 heteroatoms. The van der Waals surface area contributed by atoms with Gasteiger partial charge in [-0.25, -0.2) is 0 Å². The monoisotopic (exact) mass is 456 g/mol. The van der Waals surface area contributed by atoms with E-state index in [1.165, 1.54) is 0 Å². The number of rotatable bonds is 8. The van der Waals surface area contributed by atoms with Gasteiger partial charge >= 0.3 is 0 Å². The minimum absolute atomic E-state index is 0.228. The predicted molar refractivity (Wildman–Crippen MR) is 124 cm³/mol. The van der Waals surface area contributed by atoms with Gasteiger partial charge in [0.05, 0.1) is 6.20 Å². The van der Waals surface area contributed by atoms with E-state index in [-0.39, 0.29) is 17.8 Å². The van der Waals surface area contributed by atoms with Crippen LogP contribution in [0.2, 0.25) is 0 Å². The molecule has 32 heavy (non-hydrogen) atoms. The number of amides is 2. The highest BCUT2D eigenvalue weighted by atomic mass is 32.2. The van der Waals surface area contributed by atoms with Crippen molar-refractivity contribution in [2.75, 3.05) is 31.1 Å². The van der Waals surface area contributed by atoms with E-state index in [1.807, 2.05) is 43.3 Å². The minimum Gasteiger partial charge on any atom is -0.489 e. The van der Waals surface area contributed by atoms with Crippen LogP contribution < -0.4 is 20.3 Å². The summed E-state index contributed by atoms with van der Waals surface area (Å²) in [5.74, 6) is 0.412. The van der Waals surface area contributed by atoms with Crippen LogP contribution >= 0.6 is 11.8 Å². The Bertz CT molecular complexity index is 930. The van der Waals surface area contributed by atoms with Crippen LogP contribution in [0, 0.1) is 6.92 Å². The van der Waals surface area contributed by atoms with Crippen molar-refractivity contribution in [3.05, 3.63) is 53.9 Å². The van der Waals surface area contributed by atoms with Crippen molar-refractivity contribution in [2.24, 2.45) is 0 Å². The molecule has 2 atom stereocenters. The second kappa shape index (κ2) is 10.3. The van der Waals surface area contributed by atoms with Crippen LogP contribution in [-0.2, 0) is 4.79 Å². The van der Waals surface area contributed by atoms with Gasteiger partial charge in [-0.3, -0.25) is 19.9 Å². The summed E-state index contributed by atoms with van der Waals surface area (Å²) in [5.41, 5.74) is 2.89. The zero-order valence-electron chi connectivity index (χ0n) is 18.0. The lowest BCUT2D eigenvalue weighted by Crippen LogP contribution is -2.45. The molecule has 4 rings (SSSR count). The van der Waals surface area contributed by atoms with E-state index in [2.05, 4.69) is 20.5 Å². The fraction of sp³-hybridized carbons (Fsp3) is 0.435. The zero-order chi connectivity index (χ0) is 22.5. The summed E-state index contributed by atoms with van der Waals surface area (Å²) in [5, 5.41) is 15.2. The quantitative estimate of drug-likeness (QED) is 0.556. The van der Waals surface area contributed by atoms with Crippen LogP contribution in [0.4, 0.5) is 10.5 Å². The van der Waals surface area contributed by atoms with Gasteiger partial charge in [-0.15, -0.1) is 0 Å². The van der Waals surface area contributed by atoms with Gasteiger partial charge in [0.25, 0.3) is 5.24 Å². The van der Waals surface area contributed by atoms with Crippen molar-refractivity contribution in [2.45, 2.75) is 37.2 Å². The summed E-state index contributed by atoms with van der Waals surface area (Å²) in [7, 11) is 0. The molecular weight excluding hydrogens is 428 g/mol. The first-order valence-electron chi connectivity index (χ1n) is 10.8. The number of anilines is 1. The molecule has 3 N–H and O–H groups in total. The van der Waals surface area contributed by atoms with Gasteiger partial charge in [0.2, 0.25) is 5.91 Å². The first-order chi connectivity index (χ1) is 15.5. The molecule has 1 unspecified atom stereocenters. The number of nitrogens with one attached hydrogen (secondary N) is 2. The highest BCUT2D eigenvalue weighted by molar-refractivity contribution is 8.15. The molecule has 2 aliphatic rings. The highest BCUT2D eigenvalue weighted by Gasteiger charge is 2.32. The number of aliphatic hydroxyl groups is 1. The Kier molecular flexibility index (Phi) is 7.29. The maximum absolute atomic E-state index is 11.8. The summed E-state index contributed by atoms with van der Waals surface area (Å²) in [6.45, 7) is 4.46. The number of aliphatic hydroxyl groups excluding tert-OH is 1. The lowest BCUT2D eigenvalue weighted by atomic mass is 10.0. The van der Waals surface area contributed by atoms with Crippen LogP contribution in [0.5, 0.6) is 5.75 Å². The Balaban J connectivity index is 1.18. The van der Waals surface area contributed by atoms with Gasteiger partial charge in [-0.05, 0) is 61.4 Å². The van der Waals surface area contributed by atoms with Gasteiger partial charge < -0.3 is 20.1 Å². The number of pyridine rings is 1. The first-order valence-corrected chi connectivity index (χ1v) is 11.7. The van der Waals surface area contributed by atoms with Crippen LogP contribution in [-0.4, -0.2) is 59.6 Å². The van der Waals surface area contributed by atoms with Crippen LogP contribution in [0.15, 0.2) is 42.6 Å². The molecule has 3 heterocycles. The van der Waals surface area contributed by atoms with Crippen LogP contribution in [0.1, 0.15) is 29.3 Å². The molecule has 1 aromatic carbocycles. The smallest absolute Gasteiger partial charge is 0.286 e. The van der Waals surface area contributed by atoms with Gasteiger partial charge in [-0.2, -0.15) is 0 Å². The number of imide groups is 1. The lowest BCUT2D eigenvalue weighted by molar-refractivity contribution is -0.119. The Labute approximate surface area is 191 Å². The van der Waals surface area contributed by atoms with E-state index < -0.39 is 11.4 Å². The van der Waals surface area contributed by atoms with Crippen molar-refractivity contribution < 1.29 is 19.4 Å². The van der Waals surface area contributed by atoms with E-state index in [9.17, 15) is 14.7 Å². The molecule has 0 saturated carbocycles. The molecule has 2 fully saturated rings. The SMILES string of the molecule is Cc1ccc(OC[C@@H](O)CNC2CCN(c3ccc(C4SC(=O)NC4=O)cc3)CC2)cn1. The lowest BCUT2D eigenvalue weighted by Gasteiger charge is -2.34. The van der Waals surface area contributed by atoms with E-state index in [4.69, 9.17) is 4.74 Å². The summed E-state index contributed by atoms with van der Waals surface area (Å²) in [6.07, 6.45) is 3.04. The number of carbonyl (C=O) groups is 2. The van der Waals surface area contributed by atoms with Crippen molar-refractivity contribution >= 4 is 28.6 Å². The number of hydrogen-bond acceptors (Lipinski definition) is 8. The van der Waals surface area contributed by atoms with Gasteiger partial charge in [-0.1, -0.05) is 12.1 Å². The number of hydrogen-bond donors (Lipinski definition) is 3. The van der Waals surface area contributed by atoms with Gasteiger partial charge in [0.1, 0.15) is 23.7 Å². The van der Waals surface area contributed by atoms with Crippen molar-refractivity contribution in [3.63, 3.8) is 0 Å². The molecule has 0 spiro atoms. The summed E-state index contributed by atoms with van der Waals surface area (Å²) in [6, 6.07) is 12.0. The third-order valence-electron chi connectivity index (χ3n) is 5.71. The number of nitrogens with zero attached hydrogens (tertiary/aromatic N) is 2. The molecular formula is C23H28N4O4S. The fourth-order valence-electron chi connectivity index (χ4n) is 3.87. The summed E-state index contributed by atoms with van der Waals surface area (Å²) in [4.78, 5) is 29.7. The number of benzene rings is 1. The van der Waals surface area contributed by atoms with Crippen molar-refractivity contribution in [1.82, 2.24) is 15.6 Å². The molecule has 0 bridgehead atoms. The second-order valence-corrected chi connectivity index (χ2v) is 9.21. The third-order valence-corrected chi connectivity index (χ3v) is 6.75. The average molecular weight is 457 g/mol. The average Bonchev–Trinajstić information content (AvgIpc) is 3.15. The molecule has 2 aromatic rings. The summed E-state index contributed by atoms with van der Waals surface area (Å²) >= 11 is 1.02. The first kappa shape index (κ1) is 22.6. The Morgan fingerprint density at radius 1 is 1.22 bits per heavy atom. The van der Waals surface area contributed by atoms with Crippen molar-refractivity contribution in [3.8, 4) is 5.75 Å². The molecule has 2 aliphatic heterocycles. The number of thioether (sulfide) groups is 1. The van der Waals surface area contributed by atoms with E-state index >= 15 is 0 Å². The minimum atomic E-state index is -0.584. The predicted octanol–water partition coefficient (Wildman–Crippen LogP) is 2.41. The number of piperidine rings is 1. The van der Waals surface area contributed by atoms with Gasteiger partial charge in [0.15, 0.2) is 0 Å². The van der Waals surface area contributed by atoms with E-state index in [0.717, 1.165) is 54.6 Å². The molecule has 8 nitrogen and oxygen atoms in total. The molecule has 1 aromatic heterocycles. The van der Waals surface area contributed by atoms with Gasteiger partial charge in [0, 0.05) is 37.1 Å². The Morgan fingerprint density at radius 3 is 2.59 bits per heavy atom. The number of ether oxygens (including phenoxy) is 1. The standard InChI is InChI=1S/C23H28N4O4S/c1-15-2-7-20(13-24-15)31-14-19(28)12-25-17-8-10-27(11-9-17)18-5-3-16(4-6-18)21-22(29)26-23(30)32-21/h2-7,13,17,19,21,25,28H,8-12,14H2,1H3,(H,26,29,30)/t19-,21?/m0/s1. The maximum atomic E-state index is 11.8. The van der Waals surface area contributed by atoms with Crippen LogP contribution in [0.3, 0.4) is 0 Å². The Morgan fingerprint density at radius 2 is 1.97 bits per heavy atom. The molecule has 170 valence electrons. The van der Waals surface area contributed by atoms with E-state index in [0.29, 0.717) is 18.3 Å². The maximum Gasteiger partial charge on any atom is 0.286 e. The molecule has 0 aliphatic carbocycles. The van der Waals surface area contributed by atoms with Crippen molar-refractivity contribution in [1.29, 1.82) is 0 Å². The third kappa shape index (κ3) is 5.79. The Hall–Kier alpha value is -2.62. The molecule has 0 radical (unpaired) electrons. The van der Waals surface area contributed by atoms with Crippen LogP contribution in [0.25, 0.3) is 0 Å². The number of aryl methyl sites for hydroxylation is 1. The second-order valence-electron chi connectivity index (χ2n) is 8.14. The van der Waals surface area contributed by atoms with E-state index in [1.54, 1.807) is 6.20 Å². The molecule has 2 saturated heterocycles. The highest BCUT2D eigenvalue weighted by Crippen LogP contribution is 2.35. The largest absolute Gasteiger partial charge is 0.489 e. The number of carbonyl (C=O) groups excluding carboxylic acids is 2. The normalized spacial score (nSPS) is 20.3.